The first-order chi connectivity index (χ1) is 18.9. The summed E-state index contributed by atoms with van der Waals surface area (Å²) in [5, 5.41) is 2.26. The number of carbonyl (C=O) groups excluding carboxylic acids is 1. The number of nitrogens with one attached hydrogen (secondary N) is 1. The molecular formula is C31H23F3N4O. The minimum absolute atomic E-state index is 0.0782. The molecule has 5 aromatic rings. The highest BCUT2D eigenvalue weighted by atomic mass is 19.1. The first-order valence-electron chi connectivity index (χ1n) is 12.6. The molecule has 0 fully saturated rings. The number of H-pyrrole nitrogens is 1. The Morgan fingerprint density at radius 3 is 2.56 bits per heavy atom. The fourth-order valence-corrected chi connectivity index (χ4v) is 5.26. The van der Waals surface area contributed by atoms with Crippen LogP contribution in [-0.2, 0) is 17.6 Å². The van der Waals surface area contributed by atoms with E-state index in [2.05, 4.69) is 20.0 Å². The lowest BCUT2D eigenvalue weighted by atomic mass is 9.86. The average molecular weight is 525 g/mol. The van der Waals surface area contributed by atoms with Crippen molar-refractivity contribution in [1.29, 1.82) is 0 Å². The van der Waals surface area contributed by atoms with Crippen LogP contribution in [0.3, 0.4) is 0 Å². The van der Waals surface area contributed by atoms with Crippen LogP contribution in [-0.4, -0.2) is 22.4 Å². The summed E-state index contributed by atoms with van der Waals surface area (Å²) in [5.74, 6) is -2.30. The number of pyridine rings is 1. The van der Waals surface area contributed by atoms with Gasteiger partial charge in [-0.1, -0.05) is 12.1 Å². The van der Waals surface area contributed by atoms with E-state index in [1.54, 1.807) is 18.5 Å². The Morgan fingerprint density at radius 1 is 0.897 bits per heavy atom. The summed E-state index contributed by atoms with van der Waals surface area (Å²) in [6.07, 6.45) is 3.73. The number of benzene rings is 3. The van der Waals surface area contributed by atoms with E-state index in [9.17, 15) is 18.0 Å². The fourth-order valence-electron chi connectivity index (χ4n) is 5.26. The van der Waals surface area contributed by atoms with Gasteiger partial charge in [0, 0.05) is 53.7 Å². The maximum absolute atomic E-state index is 14.1. The van der Waals surface area contributed by atoms with Crippen molar-refractivity contribution in [2.24, 2.45) is 9.98 Å². The van der Waals surface area contributed by atoms with Gasteiger partial charge in [-0.2, -0.15) is 0 Å². The van der Waals surface area contributed by atoms with E-state index in [4.69, 9.17) is 0 Å². The number of ketones is 1. The topological polar surface area (TPSA) is 70.5 Å². The van der Waals surface area contributed by atoms with Crippen LogP contribution in [0, 0.1) is 17.5 Å². The summed E-state index contributed by atoms with van der Waals surface area (Å²) in [4.78, 5) is 29.9. The lowest BCUT2D eigenvalue weighted by Crippen LogP contribution is -2.21. The molecule has 0 saturated carbocycles. The third kappa shape index (κ3) is 5.23. The van der Waals surface area contributed by atoms with Crippen LogP contribution >= 0.6 is 0 Å². The molecular weight excluding hydrogens is 501 g/mol. The van der Waals surface area contributed by atoms with Crippen molar-refractivity contribution in [2.75, 3.05) is 6.67 Å². The summed E-state index contributed by atoms with van der Waals surface area (Å²) < 4.78 is 42.0. The van der Waals surface area contributed by atoms with Gasteiger partial charge in [-0.05, 0) is 71.6 Å². The van der Waals surface area contributed by atoms with Gasteiger partial charge >= 0.3 is 0 Å². The normalized spacial score (nSPS) is 13.1. The largest absolute Gasteiger partial charge is 0.361 e. The van der Waals surface area contributed by atoms with Crippen LogP contribution in [0.4, 0.5) is 13.2 Å². The Kier molecular flexibility index (Phi) is 6.52. The van der Waals surface area contributed by atoms with E-state index in [1.807, 2.05) is 30.3 Å². The maximum atomic E-state index is 14.1. The van der Waals surface area contributed by atoms with Crippen molar-refractivity contribution >= 4 is 16.7 Å². The second kappa shape index (κ2) is 10.3. The van der Waals surface area contributed by atoms with Gasteiger partial charge < -0.3 is 4.98 Å². The molecule has 1 aliphatic heterocycles. The standard InChI is InChI=1S/C31H23F3N4O/c32-22-4-6-28-27(15-22)21(16-36-28)12-25(39)11-20(8-18-9-23(33)14-24(34)10-18)31-26(2-1-7-35-31)19-3-5-29-30(13-19)38-17-37-29/h1-7,9-10,13-16,20,36H,8,11-12,17H2/t20-/m1/s1. The van der Waals surface area contributed by atoms with Crippen LogP contribution in [0.5, 0.6) is 0 Å². The summed E-state index contributed by atoms with van der Waals surface area (Å²) in [6.45, 7) is 0.388. The molecule has 6 rings (SSSR count). The Hall–Kier alpha value is -4.59. The quantitative estimate of drug-likeness (QED) is 0.296. The average Bonchev–Trinajstić information content (AvgIpc) is 3.54. The molecule has 1 N–H and O–H groups in total. The third-order valence-corrected chi connectivity index (χ3v) is 6.99. The number of nitrogens with zero attached hydrogens (tertiary/aromatic N) is 3. The molecule has 1 aliphatic rings. The highest BCUT2D eigenvalue weighted by Gasteiger charge is 2.23. The molecule has 0 radical (unpaired) electrons. The molecule has 3 aromatic carbocycles. The molecule has 1 atom stereocenters. The van der Waals surface area contributed by atoms with Crippen molar-refractivity contribution in [2.45, 2.75) is 25.2 Å². The predicted molar refractivity (Wildman–Crippen MR) is 141 cm³/mol. The van der Waals surface area contributed by atoms with Crippen LogP contribution in [0.25, 0.3) is 22.0 Å². The molecule has 194 valence electrons. The van der Waals surface area contributed by atoms with Crippen molar-refractivity contribution < 1.29 is 18.0 Å². The molecule has 0 unspecified atom stereocenters. The summed E-state index contributed by atoms with van der Waals surface area (Å²) in [5.41, 5.74) is 4.19. The summed E-state index contributed by atoms with van der Waals surface area (Å²) in [6, 6.07) is 17.3. The number of halogens is 3. The first-order valence-corrected chi connectivity index (χ1v) is 12.6. The zero-order valence-corrected chi connectivity index (χ0v) is 20.8. The van der Waals surface area contributed by atoms with Gasteiger partial charge in [0.05, 0.1) is 16.4 Å². The van der Waals surface area contributed by atoms with Gasteiger partial charge in [0.25, 0.3) is 0 Å². The maximum Gasteiger partial charge on any atom is 0.138 e. The lowest BCUT2D eigenvalue weighted by molar-refractivity contribution is -0.118. The number of Topliss-reactive ketones (excluding diaryl/α,β-unsaturated/α-hetero) is 1. The van der Waals surface area contributed by atoms with Gasteiger partial charge in [-0.25, -0.2) is 13.2 Å². The van der Waals surface area contributed by atoms with Gasteiger partial charge in [0.2, 0.25) is 0 Å². The van der Waals surface area contributed by atoms with Crippen molar-refractivity contribution in [1.82, 2.24) is 9.97 Å². The van der Waals surface area contributed by atoms with Crippen LogP contribution in [0.15, 0.2) is 89.1 Å². The predicted octanol–water partition coefficient (Wildman–Crippen LogP) is 5.39. The number of carbonyl (C=O) groups is 1. The number of fused-ring (bicyclic) bond motifs is 2. The molecule has 5 nitrogen and oxygen atoms in total. The smallest absolute Gasteiger partial charge is 0.138 e. The highest BCUT2D eigenvalue weighted by molar-refractivity contribution is 5.90. The van der Waals surface area contributed by atoms with E-state index >= 15 is 0 Å². The van der Waals surface area contributed by atoms with E-state index in [0.29, 0.717) is 28.9 Å². The molecule has 39 heavy (non-hydrogen) atoms. The lowest BCUT2D eigenvalue weighted by Gasteiger charge is -2.20. The zero-order chi connectivity index (χ0) is 26.9. The Balaban J connectivity index is 1.37. The molecule has 0 spiro atoms. The monoisotopic (exact) mass is 524 g/mol. The third-order valence-electron chi connectivity index (χ3n) is 6.99. The minimum Gasteiger partial charge on any atom is -0.361 e. The zero-order valence-electron chi connectivity index (χ0n) is 20.8. The Bertz CT molecular complexity index is 1830. The van der Waals surface area contributed by atoms with Gasteiger partial charge in [0.15, 0.2) is 0 Å². The summed E-state index contributed by atoms with van der Waals surface area (Å²) >= 11 is 0. The minimum atomic E-state index is -0.680. The van der Waals surface area contributed by atoms with Crippen LogP contribution in [0.1, 0.15) is 29.2 Å². The number of rotatable bonds is 8. The van der Waals surface area contributed by atoms with Crippen molar-refractivity contribution in [3.8, 4) is 11.1 Å². The molecule has 2 aromatic heterocycles. The Labute approximate surface area is 221 Å². The SMILES string of the molecule is O=C(Cc1c[nH]c2ccc(F)cc12)C[C@@H](Cc1cc(F)cc(F)c1)c1ncccc1-c1ccc2c(c1)=NCN=2. The second-order valence-corrected chi connectivity index (χ2v) is 9.70. The summed E-state index contributed by atoms with van der Waals surface area (Å²) in [7, 11) is 0. The van der Waals surface area contributed by atoms with Gasteiger partial charge in [-0.3, -0.25) is 19.8 Å². The van der Waals surface area contributed by atoms with E-state index in [0.717, 1.165) is 33.4 Å². The van der Waals surface area contributed by atoms with E-state index in [1.165, 1.54) is 24.3 Å². The second-order valence-electron chi connectivity index (χ2n) is 9.70. The van der Waals surface area contributed by atoms with Gasteiger partial charge in [-0.15, -0.1) is 0 Å². The van der Waals surface area contributed by atoms with Crippen molar-refractivity contribution in [3.63, 3.8) is 0 Å². The molecule has 8 heteroatoms. The van der Waals surface area contributed by atoms with Crippen LogP contribution < -0.4 is 10.7 Å². The van der Waals surface area contributed by atoms with Crippen molar-refractivity contribution in [3.05, 3.63) is 124 Å². The molecule has 3 heterocycles. The molecule has 0 amide bonds. The molecule has 0 aliphatic carbocycles. The fraction of sp³-hybridized carbons (Fsp3) is 0.161. The van der Waals surface area contributed by atoms with E-state index < -0.39 is 17.6 Å². The molecule has 0 bridgehead atoms. The molecule has 0 saturated heterocycles. The number of aromatic amines is 1. The number of hydrogen-bond donors (Lipinski definition) is 1. The first kappa shape index (κ1) is 24.7. The van der Waals surface area contributed by atoms with Gasteiger partial charge in [0.1, 0.15) is 29.9 Å². The Morgan fingerprint density at radius 2 is 1.72 bits per heavy atom. The van der Waals surface area contributed by atoms with Crippen LogP contribution in [0.2, 0.25) is 0 Å². The number of hydrogen-bond acceptors (Lipinski definition) is 4. The number of aromatic nitrogens is 2. The van der Waals surface area contributed by atoms with E-state index in [-0.39, 0.29) is 30.9 Å². The highest BCUT2D eigenvalue weighted by Crippen LogP contribution is 2.33.